The third-order valence-electron chi connectivity index (χ3n) is 3.25. The predicted molar refractivity (Wildman–Crippen MR) is 88.2 cm³/mol. The minimum atomic E-state index is -0.0448. The van der Waals surface area contributed by atoms with Gasteiger partial charge in [-0.05, 0) is 42.0 Å². The van der Waals surface area contributed by atoms with Gasteiger partial charge in [0.05, 0.1) is 27.2 Å². The lowest BCUT2D eigenvalue weighted by Gasteiger charge is -2.09. The fraction of sp³-hybridized carbons (Fsp3) is 0.278. The van der Waals surface area contributed by atoms with Gasteiger partial charge in [-0.15, -0.1) is 0 Å². The van der Waals surface area contributed by atoms with Crippen molar-refractivity contribution in [1.82, 2.24) is 5.32 Å². The van der Waals surface area contributed by atoms with Crippen molar-refractivity contribution in [2.45, 2.75) is 6.42 Å². The molecule has 23 heavy (non-hydrogen) atoms. The SMILES string of the molecule is COc1ccc(OCCNC(=O)Cc2cccc(OC)c2)cc1. The minimum absolute atomic E-state index is 0.0448. The van der Waals surface area contributed by atoms with E-state index in [-0.39, 0.29) is 5.91 Å². The van der Waals surface area contributed by atoms with Crippen LogP contribution in [0.15, 0.2) is 48.5 Å². The van der Waals surface area contributed by atoms with Crippen molar-refractivity contribution in [2.75, 3.05) is 27.4 Å². The molecule has 0 spiro atoms. The molecule has 0 aromatic heterocycles. The van der Waals surface area contributed by atoms with Crippen LogP contribution >= 0.6 is 0 Å². The lowest BCUT2D eigenvalue weighted by molar-refractivity contribution is -0.120. The van der Waals surface area contributed by atoms with Gasteiger partial charge in [-0.1, -0.05) is 12.1 Å². The van der Waals surface area contributed by atoms with Crippen LogP contribution in [0.1, 0.15) is 5.56 Å². The highest BCUT2D eigenvalue weighted by Gasteiger charge is 2.04. The topological polar surface area (TPSA) is 56.8 Å². The largest absolute Gasteiger partial charge is 0.497 e. The number of ether oxygens (including phenoxy) is 3. The Kier molecular flexibility index (Phi) is 6.29. The zero-order chi connectivity index (χ0) is 16.5. The predicted octanol–water partition coefficient (Wildman–Crippen LogP) is 2.44. The number of methoxy groups -OCH3 is 2. The van der Waals surface area contributed by atoms with Crippen LogP contribution in [-0.2, 0) is 11.2 Å². The van der Waals surface area contributed by atoms with E-state index in [1.165, 1.54) is 0 Å². The lowest BCUT2D eigenvalue weighted by Crippen LogP contribution is -2.29. The van der Waals surface area contributed by atoms with E-state index >= 15 is 0 Å². The molecule has 0 aliphatic rings. The van der Waals surface area contributed by atoms with E-state index in [0.717, 1.165) is 22.8 Å². The molecule has 5 heteroatoms. The molecule has 0 aliphatic carbocycles. The van der Waals surface area contributed by atoms with Gasteiger partial charge < -0.3 is 19.5 Å². The molecule has 5 nitrogen and oxygen atoms in total. The second-order valence-corrected chi connectivity index (χ2v) is 4.90. The summed E-state index contributed by atoms with van der Waals surface area (Å²) in [6.45, 7) is 0.866. The van der Waals surface area contributed by atoms with Crippen molar-refractivity contribution < 1.29 is 19.0 Å². The molecule has 0 radical (unpaired) electrons. The van der Waals surface area contributed by atoms with Gasteiger partial charge in [-0.3, -0.25) is 4.79 Å². The molecule has 2 rings (SSSR count). The summed E-state index contributed by atoms with van der Waals surface area (Å²) in [5, 5.41) is 2.83. The zero-order valence-electron chi connectivity index (χ0n) is 13.4. The van der Waals surface area contributed by atoms with Crippen molar-refractivity contribution in [3.8, 4) is 17.2 Å². The van der Waals surface area contributed by atoms with Crippen LogP contribution in [0.2, 0.25) is 0 Å². The van der Waals surface area contributed by atoms with Crippen LogP contribution in [0.25, 0.3) is 0 Å². The molecule has 0 heterocycles. The van der Waals surface area contributed by atoms with Gasteiger partial charge in [0, 0.05) is 0 Å². The number of rotatable bonds is 8. The summed E-state index contributed by atoms with van der Waals surface area (Å²) in [6.07, 6.45) is 0.319. The molecule has 1 N–H and O–H groups in total. The fourth-order valence-electron chi connectivity index (χ4n) is 2.06. The number of carbonyl (C=O) groups is 1. The number of amides is 1. The Morgan fingerprint density at radius 2 is 1.65 bits per heavy atom. The highest BCUT2D eigenvalue weighted by molar-refractivity contribution is 5.78. The van der Waals surface area contributed by atoms with Gasteiger partial charge in [0.15, 0.2) is 0 Å². The summed E-state index contributed by atoms with van der Waals surface area (Å²) in [5.74, 6) is 2.23. The molecule has 122 valence electrons. The maximum atomic E-state index is 11.9. The maximum Gasteiger partial charge on any atom is 0.224 e. The van der Waals surface area contributed by atoms with Crippen molar-refractivity contribution in [1.29, 1.82) is 0 Å². The Hall–Kier alpha value is -2.69. The molecule has 0 saturated carbocycles. The average molecular weight is 315 g/mol. The first-order valence-electron chi connectivity index (χ1n) is 7.38. The quantitative estimate of drug-likeness (QED) is 0.760. The summed E-state index contributed by atoms with van der Waals surface area (Å²) >= 11 is 0. The van der Waals surface area contributed by atoms with E-state index in [1.54, 1.807) is 14.2 Å². The molecule has 0 saturated heterocycles. The highest BCUT2D eigenvalue weighted by atomic mass is 16.5. The Morgan fingerprint density at radius 1 is 0.957 bits per heavy atom. The highest BCUT2D eigenvalue weighted by Crippen LogP contribution is 2.16. The van der Waals surface area contributed by atoms with Crippen LogP contribution in [0.5, 0.6) is 17.2 Å². The van der Waals surface area contributed by atoms with Crippen LogP contribution in [-0.4, -0.2) is 33.3 Å². The van der Waals surface area contributed by atoms with Crippen molar-refractivity contribution in [2.24, 2.45) is 0 Å². The van der Waals surface area contributed by atoms with Crippen molar-refractivity contribution >= 4 is 5.91 Å². The van der Waals surface area contributed by atoms with E-state index in [9.17, 15) is 4.79 Å². The van der Waals surface area contributed by atoms with Crippen LogP contribution in [0.3, 0.4) is 0 Å². The second kappa shape index (κ2) is 8.68. The maximum absolute atomic E-state index is 11.9. The van der Waals surface area contributed by atoms with E-state index in [0.29, 0.717) is 19.6 Å². The van der Waals surface area contributed by atoms with Crippen molar-refractivity contribution in [3.63, 3.8) is 0 Å². The monoisotopic (exact) mass is 315 g/mol. The number of hydrogen-bond donors (Lipinski definition) is 1. The summed E-state index contributed by atoms with van der Waals surface area (Å²) < 4.78 is 15.8. The minimum Gasteiger partial charge on any atom is -0.497 e. The number of nitrogens with one attached hydrogen (secondary N) is 1. The fourth-order valence-corrected chi connectivity index (χ4v) is 2.06. The molecule has 0 atom stereocenters. The summed E-state index contributed by atoms with van der Waals surface area (Å²) in [7, 11) is 3.23. The first-order chi connectivity index (χ1) is 11.2. The number of hydrogen-bond acceptors (Lipinski definition) is 4. The molecule has 2 aromatic rings. The standard InChI is InChI=1S/C18H21NO4/c1-21-15-6-8-16(9-7-15)23-11-10-19-18(20)13-14-4-3-5-17(12-14)22-2/h3-9,12H,10-11,13H2,1-2H3,(H,19,20). The van der Waals surface area contributed by atoms with Gasteiger partial charge in [0.1, 0.15) is 23.9 Å². The van der Waals surface area contributed by atoms with Gasteiger partial charge in [-0.2, -0.15) is 0 Å². The van der Waals surface area contributed by atoms with Gasteiger partial charge in [0.25, 0.3) is 0 Å². The van der Waals surface area contributed by atoms with E-state index < -0.39 is 0 Å². The molecule has 0 aliphatic heterocycles. The molecule has 0 fully saturated rings. The zero-order valence-corrected chi connectivity index (χ0v) is 13.4. The van der Waals surface area contributed by atoms with E-state index in [1.807, 2.05) is 48.5 Å². The van der Waals surface area contributed by atoms with Gasteiger partial charge in [-0.25, -0.2) is 0 Å². The molecule has 0 unspecified atom stereocenters. The third-order valence-corrected chi connectivity index (χ3v) is 3.25. The van der Waals surface area contributed by atoms with Crippen LogP contribution < -0.4 is 19.5 Å². The average Bonchev–Trinajstić information content (AvgIpc) is 2.59. The molecular weight excluding hydrogens is 294 g/mol. The Bertz CT molecular complexity index is 625. The molecule has 2 aromatic carbocycles. The summed E-state index contributed by atoms with van der Waals surface area (Å²) in [6, 6.07) is 14.8. The van der Waals surface area contributed by atoms with Crippen LogP contribution in [0, 0.1) is 0 Å². The Morgan fingerprint density at radius 3 is 2.35 bits per heavy atom. The normalized spacial score (nSPS) is 10.0. The smallest absolute Gasteiger partial charge is 0.224 e. The van der Waals surface area contributed by atoms with Gasteiger partial charge in [0.2, 0.25) is 5.91 Å². The Labute approximate surface area is 136 Å². The molecular formula is C18H21NO4. The number of carbonyl (C=O) groups excluding carboxylic acids is 1. The van der Waals surface area contributed by atoms with Crippen LogP contribution in [0.4, 0.5) is 0 Å². The molecule has 0 bridgehead atoms. The first-order valence-corrected chi connectivity index (χ1v) is 7.38. The van der Waals surface area contributed by atoms with Crippen molar-refractivity contribution in [3.05, 3.63) is 54.1 Å². The van der Waals surface area contributed by atoms with E-state index in [2.05, 4.69) is 5.32 Å². The second-order valence-electron chi connectivity index (χ2n) is 4.90. The summed E-state index contributed by atoms with van der Waals surface area (Å²) in [5.41, 5.74) is 0.915. The van der Waals surface area contributed by atoms with E-state index in [4.69, 9.17) is 14.2 Å². The number of benzene rings is 2. The molecule has 1 amide bonds. The van der Waals surface area contributed by atoms with Gasteiger partial charge >= 0.3 is 0 Å². The Balaban J connectivity index is 1.69. The third kappa shape index (κ3) is 5.54. The summed E-state index contributed by atoms with van der Waals surface area (Å²) in [4.78, 5) is 11.9. The lowest BCUT2D eigenvalue weighted by atomic mass is 10.1. The first kappa shape index (κ1) is 16.7.